The molecule has 9 heteroatoms. The van der Waals surface area contributed by atoms with E-state index in [1.54, 1.807) is 0 Å². The summed E-state index contributed by atoms with van der Waals surface area (Å²) >= 11 is 0. The minimum absolute atomic E-state index is 0.254. The molecule has 4 atom stereocenters. The molecule has 3 fully saturated rings. The van der Waals surface area contributed by atoms with Crippen LogP contribution in [0.3, 0.4) is 0 Å². The summed E-state index contributed by atoms with van der Waals surface area (Å²) in [6, 6.07) is 6.57. The Kier molecular flexibility index (Phi) is 6.44. The van der Waals surface area contributed by atoms with E-state index in [9.17, 15) is 9.50 Å². The zero-order valence-electron chi connectivity index (χ0n) is 22.7. The predicted molar refractivity (Wildman–Crippen MR) is 147 cm³/mol. The Bertz CT molecular complexity index is 1250. The van der Waals surface area contributed by atoms with Crippen molar-refractivity contribution in [3.63, 3.8) is 0 Å². The van der Waals surface area contributed by atoms with Crippen LogP contribution in [0, 0.1) is 0 Å². The van der Waals surface area contributed by atoms with Gasteiger partial charge in [-0.25, -0.2) is 4.39 Å². The summed E-state index contributed by atoms with van der Waals surface area (Å²) in [5, 5.41) is 10.3. The standard InChI is InChI=1S/C30H40FN5O3/c31-21-15-29(9-3-12-36(29)17-21)19-38-28-33-26-16-30(10-1-4-20-6-7-22(32)14-25(20)30)39-18-24(26)27(34-28)35-11-2-5-23(37)8-13-35/h6-7,14,21,23,37H,1-5,8-13,15-19,32H2/t21-,23+,29+,30+/m1/s1. The number of nitrogens with two attached hydrogens (primary N) is 1. The lowest BCUT2D eigenvalue weighted by Gasteiger charge is -2.43. The summed E-state index contributed by atoms with van der Waals surface area (Å²) in [5.74, 6) is 0.859. The fourth-order valence-electron chi connectivity index (χ4n) is 7.85. The first-order valence-corrected chi connectivity index (χ1v) is 14.8. The molecule has 1 aliphatic carbocycles. The monoisotopic (exact) mass is 537 g/mol. The SMILES string of the molecule is Nc1ccc2c(c1)[C@]1(CCC2)Cc2nc(OC[C@@]34CCCN3C[C@H](F)C4)nc(N3CCC[C@H](O)CC3)c2CO1. The molecule has 0 amide bonds. The van der Waals surface area contributed by atoms with Gasteiger partial charge in [-0.05, 0) is 81.2 Å². The third kappa shape index (κ3) is 4.56. The number of halogens is 1. The smallest absolute Gasteiger partial charge is 0.318 e. The lowest BCUT2D eigenvalue weighted by molar-refractivity contribution is -0.0855. The van der Waals surface area contributed by atoms with Gasteiger partial charge in [0.25, 0.3) is 0 Å². The average Bonchev–Trinajstić information content (AvgIpc) is 3.35. The summed E-state index contributed by atoms with van der Waals surface area (Å²) in [7, 11) is 0. The molecule has 0 saturated carbocycles. The number of alkyl halides is 1. The van der Waals surface area contributed by atoms with Gasteiger partial charge in [-0.3, -0.25) is 4.90 Å². The molecular formula is C30H40FN5O3. The molecule has 5 aliphatic rings. The molecule has 7 rings (SSSR count). The Balaban J connectivity index is 1.24. The fourth-order valence-corrected chi connectivity index (χ4v) is 7.85. The van der Waals surface area contributed by atoms with Crippen molar-refractivity contribution in [3.8, 4) is 6.01 Å². The number of aryl methyl sites for hydroxylation is 1. The molecule has 5 heterocycles. The van der Waals surface area contributed by atoms with Crippen LogP contribution in [0.2, 0.25) is 0 Å². The number of nitrogen functional groups attached to an aromatic ring is 1. The van der Waals surface area contributed by atoms with Crippen LogP contribution in [0.15, 0.2) is 18.2 Å². The summed E-state index contributed by atoms with van der Waals surface area (Å²) in [4.78, 5) is 14.5. The zero-order valence-corrected chi connectivity index (χ0v) is 22.7. The Hall–Kier alpha value is -2.49. The van der Waals surface area contributed by atoms with Gasteiger partial charge in [0.1, 0.15) is 18.6 Å². The maximum Gasteiger partial charge on any atom is 0.318 e. The number of aromatic nitrogens is 2. The third-order valence-corrected chi connectivity index (χ3v) is 9.88. The van der Waals surface area contributed by atoms with Gasteiger partial charge < -0.3 is 25.2 Å². The van der Waals surface area contributed by atoms with Crippen molar-refractivity contribution in [3.05, 3.63) is 40.6 Å². The van der Waals surface area contributed by atoms with Gasteiger partial charge in [0.15, 0.2) is 0 Å². The molecule has 210 valence electrons. The molecule has 1 spiro atoms. The number of hydrogen-bond donors (Lipinski definition) is 2. The van der Waals surface area contributed by atoms with E-state index >= 15 is 0 Å². The van der Waals surface area contributed by atoms with Crippen molar-refractivity contribution in [1.82, 2.24) is 14.9 Å². The van der Waals surface area contributed by atoms with E-state index in [4.69, 9.17) is 25.2 Å². The number of ether oxygens (including phenoxy) is 2. The van der Waals surface area contributed by atoms with Crippen LogP contribution >= 0.6 is 0 Å². The fraction of sp³-hybridized carbons (Fsp3) is 0.667. The molecule has 1 aromatic heterocycles. The van der Waals surface area contributed by atoms with Gasteiger partial charge in [0.2, 0.25) is 0 Å². The molecule has 0 unspecified atom stereocenters. The number of aliphatic hydroxyl groups is 1. The van der Waals surface area contributed by atoms with E-state index in [0.29, 0.717) is 45.0 Å². The summed E-state index contributed by atoms with van der Waals surface area (Å²) in [6.07, 6.45) is 7.53. The van der Waals surface area contributed by atoms with E-state index in [-0.39, 0.29) is 11.6 Å². The predicted octanol–water partition coefficient (Wildman–Crippen LogP) is 3.67. The van der Waals surface area contributed by atoms with E-state index in [1.165, 1.54) is 11.1 Å². The van der Waals surface area contributed by atoms with E-state index < -0.39 is 11.8 Å². The van der Waals surface area contributed by atoms with Gasteiger partial charge in [0, 0.05) is 43.7 Å². The molecule has 0 bridgehead atoms. The molecule has 3 N–H and O–H groups in total. The largest absolute Gasteiger partial charge is 0.461 e. The molecule has 3 saturated heterocycles. The van der Waals surface area contributed by atoms with E-state index in [2.05, 4.69) is 21.9 Å². The van der Waals surface area contributed by atoms with Crippen molar-refractivity contribution in [1.29, 1.82) is 0 Å². The highest BCUT2D eigenvalue weighted by Crippen LogP contribution is 2.47. The second kappa shape index (κ2) is 9.85. The van der Waals surface area contributed by atoms with Gasteiger partial charge in [-0.15, -0.1) is 0 Å². The highest BCUT2D eigenvalue weighted by molar-refractivity contribution is 5.54. The van der Waals surface area contributed by atoms with Crippen molar-refractivity contribution < 1.29 is 19.0 Å². The van der Waals surface area contributed by atoms with Crippen LogP contribution in [0.5, 0.6) is 6.01 Å². The molecule has 0 radical (unpaired) electrons. The first-order chi connectivity index (χ1) is 18.9. The van der Waals surface area contributed by atoms with Crippen molar-refractivity contribution in [2.24, 2.45) is 0 Å². The van der Waals surface area contributed by atoms with Crippen molar-refractivity contribution in [2.45, 2.75) is 94.2 Å². The van der Waals surface area contributed by atoms with Crippen molar-refractivity contribution in [2.75, 3.05) is 43.4 Å². The number of nitrogens with zero attached hydrogens (tertiary/aromatic N) is 4. The number of benzene rings is 1. The normalized spacial score (nSPS) is 32.5. The van der Waals surface area contributed by atoms with Gasteiger partial charge in [0.05, 0.1) is 29.5 Å². The van der Waals surface area contributed by atoms with Crippen molar-refractivity contribution >= 4 is 11.5 Å². The average molecular weight is 538 g/mol. The first-order valence-electron chi connectivity index (χ1n) is 14.8. The van der Waals surface area contributed by atoms with Crippen LogP contribution in [0.25, 0.3) is 0 Å². The van der Waals surface area contributed by atoms with Gasteiger partial charge in [-0.1, -0.05) is 6.07 Å². The number of rotatable bonds is 4. The third-order valence-electron chi connectivity index (χ3n) is 9.88. The minimum Gasteiger partial charge on any atom is -0.461 e. The first kappa shape index (κ1) is 25.5. The van der Waals surface area contributed by atoms with E-state index in [1.807, 2.05) is 6.07 Å². The number of fused-ring (bicyclic) bond motifs is 4. The Labute approximate surface area is 229 Å². The second-order valence-electron chi connectivity index (χ2n) is 12.4. The Morgan fingerprint density at radius 1 is 1.13 bits per heavy atom. The molecule has 39 heavy (non-hydrogen) atoms. The number of aliphatic hydroxyl groups excluding tert-OH is 1. The Morgan fingerprint density at radius 2 is 2.05 bits per heavy atom. The molecular weight excluding hydrogens is 497 g/mol. The number of anilines is 2. The Morgan fingerprint density at radius 3 is 2.97 bits per heavy atom. The van der Waals surface area contributed by atoms with Gasteiger partial charge in [-0.2, -0.15) is 9.97 Å². The lowest BCUT2D eigenvalue weighted by atomic mass is 9.74. The van der Waals surface area contributed by atoms with E-state index in [0.717, 1.165) is 87.3 Å². The zero-order chi connectivity index (χ0) is 26.6. The van der Waals surface area contributed by atoms with Crippen LogP contribution in [-0.4, -0.2) is 70.6 Å². The summed E-state index contributed by atoms with van der Waals surface area (Å²) in [6.45, 7) is 3.82. The topological polar surface area (TPSA) is 97.0 Å². The minimum atomic E-state index is -0.798. The highest BCUT2D eigenvalue weighted by atomic mass is 19.1. The quantitative estimate of drug-likeness (QED) is 0.571. The lowest BCUT2D eigenvalue weighted by Crippen LogP contribution is -2.44. The van der Waals surface area contributed by atoms with Crippen LogP contribution in [-0.2, 0) is 29.8 Å². The molecule has 1 aromatic carbocycles. The van der Waals surface area contributed by atoms with Crippen LogP contribution in [0.4, 0.5) is 15.9 Å². The van der Waals surface area contributed by atoms with Crippen LogP contribution in [0.1, 0.15) is 73.8 Å². The maximum atomic E-state index is 14.4. The summed E-state index contributed by atoms with van der Waals surface area (Å²) in [5.41, 5.74) is 10.7. The number of hydrogen-bond acceptors (Lipinski definition) is 8. The van der Waals surface area contributed by atoms with Gasteiger partial charge >= 0.3 is 6.01 Å². The summed E-state index contributed by atoms with van der Waals surface area (Å²) < 4.78 is 27.5. The van der Waals surface area contributed by atoms with Crippen LogP contribution < -0.4 is 15.4 Å². The molecule has 2 aromatic rings. The second-order valence-corrected chi connectivity index (χ2v) is 12.4. The maximum absolute atomic E-state index is 14.4. The highest BCUT2D eigenvalue weighted by Gasteiger charge is 2.49. The molecule has 8 nitrogen and oxygen atoms in total. The molecule has 4 aliphatic heterocycles.